The third-order valence-corrected chi connectivity index (χ3v) is 6.48. The van der Waals surface area contributed by atoms with Gasteiger partial charge in [-0.3, -0.25) is 4.90 Å². The molecule has 3 atom stereocenters. The third kappa shape index (κ3) is 4.96. The molecule has 1 saturated heterocycles. The van der Waals surface area contributed by atoms with Gasteiger partial charge in [0.2, 0.25) is 0 Å². The molecule has 1 aliphatic heterocycles. The second kappa shape index (κ2) is 8.06. The zero-order chi connectivity index (χ0) is 17.9. The van der Waals surface area contributed by atoms with E-state index in [1.54, 1.807) is 0 Å². The Morgan fingerprint density at radius 1 is 1.00 bits per heavy atom. The van der Waals surface area contributed by atoms with Gasteiger partial charge in [-0.2, -0.15) is 0 Å². The number of ether oxygens (including phenoxy) is 1. The number of rotatable bonds is 5. The molecule has 1 fully saturated rings. The van der Waals surface area contributed by atoms with Crippen molar-refractivity contribution in [3.63, 3.8) is 0 Å². The number of likely N-dealkylation sites (N-methyl/N-ethyl adjacent to an activating group) is 1. The fraction of sp³-hybridized carbons (Fsp3) is 0.400. The van der Waals surface area contributed by atoms with E-state index in [0.717, 1.165) is 0 Å². The Morgan fingerprint density at radius 3 is 2.20 bits per heavy atom. The number of hydrogen-bond acceptors (Lipinski definition) is 4. The van der Waals surface area contributed by atoms with E-state index in [1.807, 2.05) is 17.8 Å². The van der Waals surface area contributed by atoms with Crippen molar-refractivity contribution in [3.8, 4) is 0 Å². The van der Waals surface area contributed by atoms with Crippen LogP contribution in [0.2, 0.25) is 19.6 Å². The number of nitrogens with zero attached hydrogens (tertiary/aromatic N) is 1. The van der Waals surface area contributed by atoms with Gasteiger partial charge in [-0.25, -0.2) is 0 Å². The predicted octanol–water partition coefficient (Wildman–Crippen LogP) is 4.99. The first-order chi connectivity index (χ1) is 11.9. The van der Waals surface area contributed by atoms with Crippen LogP contribution in [0.4, 0.5) is 0 Å². The van der Waals surface area contributed by atoms with Crippen LogP contribution in [0.5, 0.6) is 0 Å². The van der Waals surface area contributed by atoms with Crippen LogP contribution in [-0.2, 0) is 9.16 Å². The van der Waals surface area contributed by atoms with Crippen molar-refractivity contribution in [1.82, 2.24) is 4.90 Å². The molecule has 0 spiro atoms. The van der Waals surface area contributed by atoms with Crippen molar-refractivity contribution in [2.75, 3.05) is 13.7 Å². The quantitative estimate of drug-likeness (QED) is 0.689. The lowest BCUT2D eigenvalue weighted by Gasteiger charge is -2.45. The third-order valence-electron chi connectivity index (χ3n) is 4.20. The standard InChI is InChI=1S/C20H27NO2SSi/c1-21-18(16-11-7-5-8-12-16)15-22-20(23-25(2,3)4)19(21)24-17-13-9-6-10-14-17/h5-14,18-20H,15H2,1-4H3/t18-,19+,20?/m0/s1. The van der Waals surface area contributed by atoms with Crippen LogP contribution >= 0.6 is 11.8 Å². The first-order valence-corrected chi connectivity index (χ1v) is 13.0. The second-order valence-corrected chi connectivity index (χ2v) is 13.0. The molecular weight excluding hydrogens is 346 g/mol. The highest BCUT2D eigenvalue weighted by molar-refractivity contribution is 8.00. The van der Waals surface area contributed by atoms with Crippen molar-refractivity contribution in [2.24, 2.45) is 0 Å². The molecule has 0 aliphatic carbocycles. The summed E-state index contributed by atoms with van der Waals surface area (Å²) in [5, 5.41) is 0.119. The molecule has 134 valence electrons. The van der Waals surface area contributed by atoms with Gasteiger partial charge in [0, 0.05) is 4.90 Å². The van der Waals surface area contributed by atoms with Gasteiger partial charge in [0.05, 0.1) is 12.6 Å². The van der Waals surface area contributed by atoms with E-state index >= 15 is 0 Å². The Morgan fingerprint density at radius 2 is 1.60 bits per heavy atom. The Bertz CT molecular complexity index is 662. The van der Waals surface area contributed by atoms with Crippen LogP contribution in [-0.4, -0.2) is 38.5 Å². The summed E-state index contributed by atoms with van der Waals surface area (Å²) in [4.78, 5) is 3.64. The molecule has 25 heavy (non-hydrogen) atoms. The van der Waals surface area contributed by atoms with Crippen LogP contribution in [0.15, 0.2) is 65.6 Å². The van der Waals surface area contributed by atoms with Crippen molar-refractivity contribution in [3.05, 3.63) is 66.2 Å². The number of thioether (sulfide) groups is 1. The molecule has 0 aromatic heterocycles. The fourth-order valence-electron chi connectivity index (χ4n) is 2.98. The first kappa shape index (κ1) is 18.7. The van der Waals surface area contributed by atoms with Crippen molar-refractivity contribution in [1.29, 1.82) is 0 Å². The zero-order valence-corrected chi connectivity index (χ0v) is 17.2. The molecule has 2 aromatic rings. The van der Waals surface area contributed by atoms with E-state index in [-0.39, 0.29) is 17.7 Å². The maximum Gasteiger partial charge on any atom is 0.187 e. The van der Waals surface area contributed by atoms with Gasteiger partial charge >= 0.3 is 0 Å². The van der Waals surface area contributed by atoms with Gasteiger partial charge in [0.1, 0.15) is 5.37 Å². The molecule has 0 radical (unpaired) electrons. The fourth-order valence-corrected chi connectivity index (χ4v) is 5.12. The molecule has 3 rings (SSSR count). The van der Waals surface area contributed by atoms with Gasteiger partial charge in [-0.15, -0.1) is 11.8 Å². The minimum Gasteiger partial charge on any atom is -0.391 e. The lowest BCUT2D eigenvalue weighted by Crippen LogP contribution is -2.52. The summed E-state index contributed by atoms with van der Waals surface area (Å²) in [7, 11) is 0.482. The van der Waals surface area contributed by atoms with E-state index in [0.29, 0.717) is 6.61 Å². The van der Waals surface area contributed by atoms with Gasteiger partial charge in [0.15, 0.2) is 14.6 Å². The van der Waals surface area contributed by atoms with E-state index in [4.69, 9.17) is 9.16 Å². The minimum absolute atomic E-state index is 0.119. The van der Waals surface area contributed by atoms with Crippen molar-refractivity contribution < 1.29 is 9.16 Å². The van der Waals surface area contributed by atoms with Crippen molar-refractivity contribution in [2.45, 2.75) is 42.2 Å². The van der Waals surface area contributed by atoms with Gasteiger partial charge in [0.25, 0.3) is 0 Å². The summed E-state index contributed by atoms with van der Waals surface area (Å²) < 4.78 is 12.6. The van der Waals surface area contributed by atoms with E-state index < -0.39 is 8.32 Å². The average Bonchev–Trinajstić information content (AvgIpc) is 2.59. The maximum absolute atomic E-state index is 6.37. The summed E-state index contributed by atoms with van der Waals surface area (Å²) in [5.74, 6) is 0. The lowest BCUT2D eigenvalue weighted by atomic mass is 10.1. The summed E-state index contributed by atoms with van der Waals surface area (Å²) >= 11 is 1.82. The molecule has 0 amide bonds. The van der Waals surface area contributed by atoms with Gasteiger partial charge < -0.3 is 9.16 Å². The molecule has 0 bridgehead atoms. The first-order valence-electron chi connectivity index (χ1n) is 8.72. The van der Waals surface area contributed by atoms with Gasteiger partial charge in [-0.05, 0) is 44.4 Å². The molecule has 1 aliphatic rings. The van der Waals surface area contributed by atoms with Crippen LogP contribution in [0.25, 0.3) is 0 Å². The molecule has 0 saturated carbocycles. The number of morpholine rings is 1. The summed E-state index contributed by atoms with van der Waals surface area (Å²) in [5.41, 5.74) is 1.29. The SMILES string of the molecule is CN1[C@H](Sc2ccccc2)C(O[Si](C)(C)C)OC[C@H]1c1ccccc1. The molecule has 0 N–H and O–H groups in total. The summed E-state index contributed by atoms with van der Waals surface area (Å²) in [6.07, 6.45) is -0.207. The molecule has 1 unspecified atom stereocenters. The van der Waals surface area contributed by atoms with Gasteiger partial charge in [-0.1, -0.05) is 48.5 Å². The van der Waals surface area contributed by atoms with E-state index in [2.05, 4.69) is 86.2 Å². The largest absolute Gasteiger partial charge is 0.391 e. The number of hydrogen-bond donors (Lipinski definition) is 0. The van der Waals surface area contributed by atoms with Crippen LogP contribution in [0, 0.1) is 0 Å². The normalized spacial score (nSPS) is 25.0. The van der Waals surface area contributed by atoms with E-state index in [9.17, 15) is 0 Å². The summed E-state index contributed by atoms with van der Waals surface area (Å²) in [6.45, 7) is 7.29. The Labute approximate surface area is 156 Å². The highest BCUT2D eigenvalue weighted by atomic mass is 32.2. The highest BCUT2D eigenvalue weighted by Crippen LogP contribution is 2.38. The number of benzene rings is 2. The second-order valence-electron chi connectivity index (χ2n) is 7.35. The smallest absolute Gasteiger partial charge is 0.187 e. The predicted molar refractivity (Wildman–Crippen MR) is 107 cm³/mol. The Kier molecular flexibility index (Phi) is 6.02. The monoisotopic (exact) mass is 373 g/mol. The minimum atomic E-state index is -1.70. The Balaban J connectivity index is 1.84. The Hall–Kier alpha value is -1.11. The average molecular weight is 374 g/mol. The zero-order valence-electron chi connectivity index (χ0n) is 15.4. The van der Waals surface area contributed by atoms with E-state index in [1.165, 1.54) is 10.5 Å². The van der Waals surface area contributed by atoms with Crippen molar-refractivity contribution >= 4 is 20.1 Å². The molecule has 5 heteroatoms. The van der Waals surface area contributed by atoms with Crippen LogP contribution in [0.1, 0.15) is 11.6 Å². The molecule has 2 aromatic carbocycles. The lowest BCUT2D eigenvalue weighted by molar-refractivity contribution is -0.161. The molecule has 1 heterocycles. The highest BCUT2D eigenvalue weighted by Gasteiger charge is 2.40. The van der Waals surface area contributed by atoms with Crippen LogP contribution in [0.3, 0.4) is 0 Å². The molecule has 3 nitrogen and oxygen atoms in total. The maximum atomic E-state index is 6.37. The summed E-state index contributed by atoms with van der Waals surface area (Å²) in [6, 6.07) is 21.3. The van der Waals surface area contributed by atoms with Crippen LogP contribution < -0.4 is 0 Å². The topological polar surface area (TPSA) is 21.7 Å². The molecular formula is C20H27NO2SSi.